The highest BCUT2D eigenvalue weighted by Crippen LogP contribution is 2.34. The van der Waals surface area contributed by atoms with Crippen molar-refractivity contribution in [3.63, 3.8) is 0 Å². The highest BCUT2D eigenvalue weighted by Gasteiger charge is 2.35. The minimum atomic E-state index is -3.30. The number of rotatable bonds is 9. The summed E-state index contributed by atoms with van der Waals surface area (Å²) >= 11 is 0. The lowest BCUT2D eigenvalue weighted by molar-refractivity contribution is 0.151. The van der Waals surface area contributed by atoms with Gasteiger partial charge < -0.3 is 4.57 Å². The summed E-state index contributed by atoms with van der Waals surface area (Å²) in [6.07, 6.45) is 3.26. The predicted molar refractivity (Wildman–Crippen MR) is 123 cm³/mol. The molecule has 0 spiro atoms. The Balaban J connectivity index is 1.77. The number of nitrogens with zero attached hydrogens (tertiary/aromatic N) is 2. The second-order valence-corrected chi connectivity index (χ2v) is 11.4. The first-order valence-electron chi connectivity index (χ1n) is 10.9. The van der Waals surface area contributed by atoms with Crippen LogP contribution in [-0.4, -0.2) is 23.2 Å². The monoisotopic (exact) mass is 461 g/mol. The van der Waals surface area contributed by atoms with Crippen LogP contribution in [0.3, 0.4) is 0 Å². The first-order valence-corrected chi connectivity index (χ1v) is 12.5. The van der Waals surface area contributed by atoms with Gasteiger partial charge in [-0.25, -0.2) is 21.9 Å². The quantitative estimate of drug-likeness (QED) is 0.447. The first-order chi connectivity index (χ1) is 15.1. The van der Waals surface area contributed by atoms with Gasteiger partial charge in [-0.2, -0.15) is 0 Å². The molecule has 0 aliphatic heterocycles. The van der Waals surface area contributed by atoms with Crippen molar-refractivity contribution in [2.24, 2.45) is 5.41 Å². The van der Waals surface area contributed by atoms with E-state index in [-0.39, 0.29) is 28.5 Å². The Labute approximate surface area is 187 Å². The molecule has 4 rings (SSSR count). The highest BCUT2D eigenvalue weighted by atomic mass is 32.2. The Hall–Kier alpha value is -2.32. The van der Waals surface area contributed by atoms with Crippen LogP contribution in [0.1, 0.15) is 57.6 Å². The topological polar surface area (TPSA) is 64.0 Å². The average molecular weight is 462 g/mol. The molecule has 1 aliphatic rings. The van der Waals surface area contributed by atoms with Gasteiger partial charge in [-0.05, 0) is 48.4 Å². The summed E-state index contributed by atoms with van der Waals surface area (Å²) in [4.78, 5) is 4.22. The normalized spacial score (nSPS) is 15.1. The summed E-state index contributed by atoms with van der Waals surface area (Å²) in [6, 6.07) is 8.46. The Morgan fingerprint density at radius 2 is 2.00 bits per heavy atom. The molecule has 8 heteroatoms. The van der Waals surface area contributed by atoms with E-state index in [1.54, 1.807) is 6.07 Å². The SMILES string of the molecule is CCC(C)(C)Cn1cc(CNS(=O)(=O)C2CC2)c2ccc(-c3ncccc3C(F)F)cc21. The van der Waals surface area contributed by atoms with E-state index in [9.17, 15) is 17.2 Å². The predicted octanol–water partition coefficient (Wildman–Crippen LogP) is 5.66. The van der Waals surface area contributed by atoms with Crippen molar-refractivity contribution in [2.45, 2.75) is 64.8 Å². The van der Waals surface area contributed by atoms with Crippen LogP contribution in [0.5, 0.6) is 0 Å². The molecule has 3 aromatic rings. The highest BCUT2D eigenvalue weighted by molar-refractivity contribution is 7.90. The number of benzene rings is 1. The summed E-state index contributed by atoms with van der Waals surface area (Å²) < 4.78 is 56.6. The van der Waals surface area contributed by atoms with Gasteiger partial charge in [0.2, 0.25) is 10.0 Å². The third kappa shape index (κ3) is 4.71. The minimum absolute atomic E-state index is 0.0197. The number of pyridine rings is 1. The van der Waals surface area contributed by atoms with Crippen molar-refractivity contribution in [2.75, 3.05) is 0 Å². The van der Waals surface area contributed by atoms with Crippen LogP contribution in [0.4, 0.5) is 8.78 Å². The van der Waals surface area contributed by atoms with E-state index in [2.05, 4.69) is 35.0 Å². The third-order valence-electron chi connectivity index (χ3n) is 6.29. The maximum atomic E-state index is 13.6. The molecule has 0 bridgehead atoms. The molecule has 0 unspecified atom stereocenters. The zero-order valence-electron chi connectivity index (χ0n) is 18.6. The molecule has 1 fully saturated rings. The van der Waals surface area contributed by atoms with E-state index < -0.39 is 16.4 Å². The molecule has 1 aromatic carbocycles. The van der Waals surface area contributed by atoms with E-state index >= 15 is 0 Å². The average Bonchev–Trinajstić information content (AvgIpc) is 3.57. The minimum Gasteiger partial charge on any atom is -0.347 e. The van der Waals surface area contributed by atoms with Crippen LogP contribution in [-0.2, 0) is 23.1 Å². The van der Waals surface area contributed by atoms with Gasteiger partial charge in [0.15, 0.2) is 0 Å². The molecule has 0 atom stereocenters. The molecule has 0 amide bonds. The zero-order chi connectivity index (χ0) is 23.1. The number of sulfonamides is 1. The smallest absolute Gasteiger partial charge is 0.265 e. The third-order valence-corrected chi connectivity index (χ3v) is 8.19. The van der Waals surface area contributed by atoms with Crippen molar-refractivity contribution in [1.29, 1.82) is 0 Å². The summed E-state index contributed by atoms with van der Waals surface area (Å²) in [5.74, 6) is 0. The molecule has 32 heavy (non-hydrogen) atoms. The number of aromatic nitrogens is 2. The summed E-state index contributed by atoms with van der Waals surface area (Å²) in [5.41, 5.74) is 2.56. The number of hydrogen-bond acceptors (Lipinski definition) is 3. The van der Waals surface area contributed by atoms with Crippen LogP contribution in [0.2, 0.25) is 0 Å². The molecule has 1 N–H and O–H groups in total. The van der Waals surface area contributed by atoms with E-state index in [0.29, 0.717) is 18.4 Å². The molecule has 0 saturated heterocycles. The van der Waals surface area contributed by atoms with Gasteiger partial charge >= 0.3 is 0 Å². The van der Waals surface area contributed by atoms with Crippen LogP contribution in [0.25, 0.3) is 22.2 Å². The molecule has 2 aromatic heterocycles. The number of alkyl halides is 2. The maximum Gasteiger partial charge on any atom is 0.265 e. The largest absolute Gasteiger partial charge is 0.347 e. The molecular weight excluding hydrogens is 432 g/mol. The summed E-state index contributed by atoms with van der Waals surface area (Å²) in [6.45, 7) is 7.41. The van der Waals surface area contributed by atoms with E-state index in [1.807, 2.05) is 18.3 Å². The van der Waals surface area contributed by atoms with Gasteiger partial charge in [0.1, 0.15) is 0 Å². The van der Waals surface area contributed by atoms with Crippen molar-refractivity contribution in [1.82, 2.24) is 14.3 Å². The standard InChI is InChI=1S/C24H29F2N3O2S/c1-4-24(2,3)15-29-14-17(13-28-32(30,31)18-8-9-18)19-10-7-16(12-21(19)29)22-20(23(25)26)6-5-11-27-22/h5-7,10-12,14,18,23,28H,4,8-9,13,15H2,1-3H3. The first kappa shape index (κ1) is 22.9. The molecule has 1 aliphatic carbocycles. The lowest BCUT2D eigenvalue weighted by atomic mass is 9.90. The summed E-state index contributed by atoms with van der Waals surface area (Å²) in [7, 11) is -3.30. The number of halogens is 2. The molecule has 1 saturated carbocycles. The maximum absolute atomic E-state index is 13.6. The molecule has 0 radical (unpaired) electrons. The lowest BCUT2D eigenvalue weighted by Gasteiger charge is -2.24. The molecule has 2 heterocycles. The fourth-order valence-corrected chi connectivity index (χ4v) is 5.22. The van der Waals surface area contributed by atoms with Crippen molar-refractivity contribution >= 4 is 20.9 Å². The Bertz CT molecular complexity index is 1230. The number of fused-ring (bicyclic) bond motifs is 1. The van der Waals surface area contributed by atoms with Crippen LogP contribution in [0, 0.1) is 5.41 Å². The second-order valence-electron chi connectivity index (χ2n) is 9.34. The fraction of sp³-hybridized carbons (Fsp3) is 0.458. The van der Waals surface area contributed by atoms with E-state index in [0.717, 1.165) is 29.4 Å². The fourth-order valence-electron chi connectivity index (χ4n) is 3.87. The van der Waals surface area contributed by atoms with Gasteiger partial charge in [-0.15, -0.1) is 0 Å². The van der Waals surface area contributed by atoms with Crippen molar-refractivity contribution in [3.05, 3.63) is 53.9 Å². The van der Waals surface area contributed by atoms with Gasteiger partial charge in [0.25, 0.3) is 6.43 Å². The molecule has 5 nitrogen and oxygen atoms in total. The van der Waals surface area contributed by atoms with Gasteiger partial charge in [-0.1, -0.05) is 32.9 Å². The lowest BCUT2D eigenvalue weighted by Crippen LogP contribution is -2.26. The Morgan fingerprint density at radius 1 is 1.25 bits per heavy atom. The number of nitrogens with one attached hydrogen (secondary N) is 1. The van der Waals surface area contributed by atoms with Crippen LogP contribution < -0.4 is 4.72 Å². The van der Waals surface area contributed by atoms with Crippen molar-refractivity contribution in [3.8, 4) is 11.3 Å². The van der Waals surface area contributed by atoms with Crippen LogP contribution in [0.15, 0.2) is 42.7 Å². The molecule has 172 valence electrons. The van der Waals surface area contributed by atoms with Gasteiger partial charge in [0.05, 0.1) is 10.9 Å². The van der Waals surface area contributed by atoms with Gasteiger partial charge in [-0.3, -0.25) is 4.98 Å². The van der Waals surface area contributed by atoms with Gasteiger partial charge in [0, 0.05) is 47.5 Å². The Morgan fingerprint density at radius 3 is 2.66 bits per heavy atom. The zero-order valence-corrected chi connectivity index (χ0v) is 19.4. The number of hydrogen-bond donors (Lipinski definition) is 1. The van der Waals surface area contributed by atoms with E-state index in [1.165, 1.54) is 18.3 Å². The van der Waals surface area contributed by atoms with Crippen LogP contribution >= 0.6 is 0 Å². The second kappa shape index (κ2) is 8.56. The van der Waals surface area contributed by atoms with E-state index in [4.69, 9.17) is 0 Å². The Kier molecular flexibility index (Phi) is 6.11. The molecular formula is C24H29F2N3O2S. The summed E-state index contributed by atoms with van der Waals surface area (Å²) in [5, 5.41) is 0.632. The van der Waals surface area contributed by atoms with Crippen molar-refractivity contribution < 1.29 is 17.2 Å².